The standard InChI is InChI=1S/C16H22N2O3/c1-11(2)17-15(19)9-12-3-5-14(6-4-12)18-16(20)13-7-8-21-10-13/h3-6,11,13H,7-10H2,1-2H3,(H,17,19)(H,18,20). The predicted molar refractivity (Wildman–Crippen MR) is 81.0 cm³/mol. The van der Waals surface area contributed by atoms with Gasteiger partial charge in [0.1, 0.15) is 0 Å². The van der Waals surface area contributed by atoms with Gasteiger partial charge in [-0.15, -0.1) is 0 Å². The summed E-state index contributed by atoms with van der Waals surface area (Å²) in [5.74, 6) is -0.0517. The fourth-order valence-electron chi connectivity index (χ4n) is 2.25. The number of hydrogen-bond acceptors (Lipinski definition) is 3. The molecule has 21 heavy (non-hydrogen) atoms. The first kappa shape index (κ1) is 15.5. The molecule has 5 heteroatoms. The van der Waals surface area contributed by atoms with E-state index in [1.165, 1.54) is 0 Å². The van der Waals surface area contributed by atoms with Crippen LogP contribution >= 0.6 is 0 Å². The van der Waals surface area contributed by atoms with Crippen LogP contribution < -0.4 is 10.6 Å². The minimum absolute atomic E-state index is 0.00204. The lowest BCUT2D eigenvalue weighted by Gasteiger charge is -2.11. The Balaban J connectivity index is 1.86. The van der Waals surface area contributed by atoms with Gasteiger partial charge >= 0.3 is 0 Å². The molecule has 0 aromatic heterocycles. The van der Waals surface area contributed by atoms with Crippen LogP contribution in [0.3, 0.4) is 0 Å². The van der Waals surface area contributed by atoms with Crippen LogP contribution in [0.2, 0.25) is 0 Å². The Morgan fingerprint density at radius 1 is 1.29 bits per heavy atom. The fourth-order valence-corrected chi connectivity index (χ4v) is 2.25. The van der Waals surface area contributed by atoms with E-state index in [0.29, 0.717) is 19.6 Å². The SMILES string of the molecule is CC(C)NC(=O)Cc1ccc(NC(=O)C2CCOC2)cc1. The zero-order chi connectivity index (χ0) is 15.2. The molecule has 1 heterocycles. The average molecular weight is 290 g/mol. The Kier molecular flexibility index (Phi) is 5.33. The van der Waals surface area contributed by atoms with Gasteiger partial charge in [0.2, 0.25) is 11.8 Å². The number of nitrogens with one attached hydrogen (secondary N) is 2. The van der Waals surface area contributed by atoms with Crippen molar-refractivity contribution in [2.24, 2.45) is 5.92 Å². The molecule has 0 radical (unpaired) electrons. The normalized spacial score (nSPS) is 17.8. The van der Waals surface area contributed by atoms with Gasteiger partial charge < -0.3 is 15.4 Å². The third-order valence-electron chi connectivity index (χ3n) is 3.34. The van der Waals surface area contributed by atoms with Gasteiger partial charge in [0.15, 0.2) is 0 Å². The van der Waals surface area contributed by atoms with Crippen molar-refractivity contribution in [3.05, 3.63) is 29.8 Å². The molecule has 1 atom stereocenters. The summed E-state index contributed by atoms with van der Waals surface area (Å²) in [7, 11) is 0. The zero-order valence-corrected chi connectivity index (χ0v) is 12.5. The smallest absolute Gasteiger partial charge is 0.229 e. The molecule has 1 aliphatic rings. The third-order valence-corrected chi connectivity index (χ3v) is 3.34. The van der Waals surface area contributed by atoms with Crippen LogP contribution in [-0.2, 0) is 20.7 Å². The van der Waals surface area contributed by atoms with Crippen LogP contribution in [0.4, 0.5) is 5.69 Å². The Morgan fingerprint density at radius 3 is 2.57 bits per heavy atom. The van der Waals surface area contributed by atoms with Crippen LogP contribution in [0.25, 0.3) is 0 Å². The number of ether oxygens (including phenoxy) is 1. The van der Waals surface area contributed by atoms with Gasteiger partial charge in [-0.05, 0) is 38.0 Å². The molecule has 1 unspecified atom stereocenters. The molecule has 114 valence electrons. The van der Waals surface area contributed by atoms with Crippen molar-refractivity contribution in [3.8, 4) is 0 Å². The highest BCUT2D eigenvalue weighted by Crippen LogP contribution is 2.16. The van der Waals surface area contributed by atoms with Gasteiger partial charge in [-0.2, -0.15) is 0 Å². The molecule has 0 spiro atoms. The van der Waals surface area contributed by atoms with E-state index >= 15 is 0 Å². The fraction of sp³-hybridized carbons (Fsp3) is 0.500. The van der Waals surface area contributed by atoms with Crippen LogP contribution in [0.1, 0.15) is 25.8 Å². The number of hydrogen-bond donors (Lipinski definition) is 2. The van der Waals surface area contributed by atoms with Crippen molar-refractivity contribution >= 4 is 17.5 Å². The highest BCUT2D eigenvalue weighted by atomic mass is 16.5. The van der Waals surface area contributed by atoms with E-state index in [9.17, 15) is 9.59 Å². The highest BCUT2D eigenvalue weighted by Gasteiger charge is 2.23. The van der Waals surface area contributed by atoms with Crippen LogP contribution in [0.15, 0.2) is 24.3 Å². The molecule has 0 aliphatic carbocycles. The largest absolute Gasteiger partial charge is 0.381 e. The molecule has 1 saturated heterocycles. The Labute approximate surface area is 125 Å². The second kappa shape index (κ2) is 7.22. The summed E-state index contributed by atoms with van der Waals surface area (Å²) in [6.07, 6.45) is 1.13. The maximum atomic E-state index is 11.9. The van der Waals surface area contributed by atoms with Gasteiger partial charge in [0, 0.05) is 18.3 Å². The van der Waals surface area contributed by atoms with Crippen LogP contribution in [0, 0.1) is 5.92 Å². The first-order valence-corrected chi connectivity index (χ1v) is 7.31. The lowest BCUT2D eigenvalue weighted by Crippen LogP contribution is -2.31. The van der Waals surface area contributed by atoms with E-state index in [-0.39, 0.29) is 23.8 Å². The summed E-state index contributed by atoms with van der Waals surface area (Å²) in [5, 5.41) is 5.73. The first-order valence-electron chi connectivity index (χ1n) is 7.31. The summed E-state index contributed by atoms with van der Waals surface area (Å²) in [6, 6.07) is 7.52. The molecule has 0 saturated carbocycles. The third kappa shape index (κ3) is 4.86. The quantitative estimate of drug-likeness (QED) is 0.868. The van der Waals surface area contributed by atoms with Crippen LogP contribution in [-0.4, -0.2) is 31.1 Å². The summed E-state index contributed by atoms with van der Waals surface area (Å²) < 4.78 is 5.21. The molecular formula is C16H22N2O3. The Morgan fingerprint density at radius 2 is 2.00 bits per heavy atom. The molecule has 2 N–H and O–H groups in total. The lowest BCUT2D eigenvalue weighted by molar-refractivity contribution is -0.121. The summed E-state index contributed by atoms with van der Waals surface area (Å²) in [6.45, 7) is 5.02. The molecule has 1 fully saturated rings. The number of benzene rings is 1. The molecule has 1 aromatic carbocycles. The van der Waals surface area contributed by atoms with Crippen molar-refractivity contribution in [2.45, 2.75) is 32.7 Å². The number of carbonyl (C=O) groups excluding carboxylic acids is 2. The first-order chi connectivity index (χ1) is 10.0. The lowest BCUT2D eigenvalue weighted by atomic mass is 10.1. The molecular weight excluding hydrogens is 268 g/mol. The molecule has 2 amide bonds. The van der Waals surface area contributed by atoms with Gasteiger partial charge in [-0.25, -0.2) is 0 Å². The molecule has 2 rings (SSSR count). The van der Waals surface area contributed by atoms with Crippen LogP contribution in [0.5, 0.6) is 0 Å². The van der Waals surface area contributed by atoms with Gasteiger partial charge in [-0.3, -0.25) is 9.59 Å². The molecule has 0 bridgehead atoms. The van der Waals surface area contributed by atoms with E-state index in [1.54, 1.807) is 0 Å². The van der Waals surface area contributed by atoms with Crippen molar-refractivity contribution in [1.82, 2.24) is 5.32 Å². The number of rotatable bonds is 5. The van der Waals surface area contributed by atoms with E-state index in [4.69, 9.17) is 4.74 Å². The van der Waals surface area contributed by atoms with E-state index in [0.717, 1.165) is 17.7 Å². The maximum Gasteiger partial charge on any atom is 0.229 e. The number of carbonyl (C=O) groups is 2. The monoisotopic (exact) mass is 290 g/mol. The Hall–Kier alpha value is -1.88. The maximum absolute atomic E-state index is 11.9. The summed E-state index contributed by atoms with van der Waals surface area (Å²) in [4.78, 5) is 23.6. The number of amides is 2. The topological polar surface area (TPSA) is 67.4 Å². The second-order valence-electron chi connectivity index (χ2n) is 5.65. The predicted octanol–water partition coefficient (Wildman–Crippen LogP) is 1.73. The molecule has 5 nitrogen and oxygen atoms in total. The van der Waals surface area contributed by atoms with Crippen molar-refractivity contribution in [3.63, 3.8) is 0 Å². The minimum Gasteiger partial charge on any atom is -0.381 e. The van der Waals surface area contributed by atoms with Gasteiger partial charge in [0.25, 0.3) is 0 Å². The average Bonchev–Trinajstić information content (AvgIpc) is 2.94. The Bertz CT molecular complexity index is 491. The van der Waals surface area contributed by atoms with E-state index in [1.807, 2.05) is 38.1 Å². The summed E-state index contributed by atoms with van der Waals surface area (Å²) in [5.41, 5.74) is 1.68. The minimum atomic E-state index is -0.0542. The molecule has 1 aliphatic heterocycles. The van der Waals surface area contributed by atoms with Gasteiger partial charge in [-0.1, -0.05) is 12.1 Å². The van der Waals surface area contributed by atoms with Gasteiger partial charge in [0.05, 0.1) is 18.9 Å². The van der Waals surface area contributed by atoms with E-state index in [2.05, 4.69) is 10.6 Å². The molecule has 1 aromatic rings. The van der Waals surface area contributed by atoms with Crippen molar-refractivity contribution in [1.29, 1.82) is 0 Å². The van der Waals surface area contributed by atoms with Crippen molar-refractivity contribution in [2.75, 3.05) is 18.5 Å². The number of anilines is 1. The highest BCUT2D eigenvalue weighted by molar-refractivity contribution is 5.92. The zero-order valence-electron chi connectivity index (χ0n) is 12.5. The summed E-state index contributed by atoms with van der Waals surface area (Å²) >= 11 is 0. The van der Waals surface area contributed by atoms with E-state index < -0.39 is 0 Å². The van der Waals surface area contributed by atoms with Crippen molar-refractivity contribution < 1.29 is 14.3 Å². The second-order valence-corrected chi connectivity index (χ2v) is 5.65.